The molecule has 0 radical (unpaired) electrons. The van der Waals surface area contributed by atoms with Crippen molar-refractivity contribution in [3.63, 3.8) is 0 Å². The lowest BCUT2D eigenvalue weighted by Gasteiger charge is -2.26. The van der Waals surface area contributed by atoms with E-state index < -0.39 is 0 Å². The second-order valence-corrected chi connectivity index (χ2v) is 7.03. The van der Waals surface area contributed by atoms with Crippen LogP contribution < -0.4 is 14.8 Å². The summed E-state index contributed by atoms with van der Waals surface area (Å²) >= 11 is 0. The molecule has 5 nitrogen and oxygen atoms in total. The van der Waals surface area contributed by atoms with Gasteiger partial charge in [-0.15, -0.1) is 0 Å². The molecule has 2 unspecified atom stereocenters. The van der Waals surface area contributed by atoms with E-state index >= 15 is 0 Å². The van der Waals surface area contributed by atoms with Crippen molar-refractivity contribution in [3.8, 4) is 11.5 Å². The Morgan fingerprint density at radius 1 is 1.19 bits per heavy atom. The van der Waals surface area contributed by atoms with E-state index in [1.807, 2.05) is 44.1 Å². The molecular weight excluding hydrogens is 347 g/mol. The minimum Gasteiger partial charge on any atom is -0.454 e. The number of halogens is 1. The summed E-state index contributed by atoms with van der Waals surface area (Å²) < 4.78 is 24.6. The maximum Gasteiger partial charge on any atom is 0.231 e. The van der Waals surface area contributed by atoms with Gasteiger partial charge in [0.1, 0.15) is 5.82 Å². The van der Waals surface area contributed by atoms with Gasteiger partial charge in [-0.25, -0.2) is 4.39 Å². The minimum absolute atomic E-state index is 0.0101. The molecule has 0 bridgehead atoms. The number of nitrogens with zero attached hydrogens (tertiary/aromatic N) is 1. The summed E-state index contributed by atoms with van der Waals surface area (Å²) in [6.45, 7) is 2.50. The summed E-state index contributed by atoms with van der Waals surface area (Å²) in [5.74, 6) is 0.772. The molecule has 1 heterocycles. The predicted molar refractivity (Wildman–Crippen MR) is 101 cm³/mol. The molecule has 0 saturated carbocycles. The molecular formula is C21H25FN2O3. The number of ether oxygens (including phenoxy) is 2. The zero-order valence-corrected chi connectivity index (χ0v) is 15.9. The molecule has 0 saturated heterocycles. The lowest BCUT2D eigenvalue weighted by Crippen LogP contribution is -2.37. The van der Waals surface area contributed by atoms with Crippen LogP contribution in [0.4, 0.5) is 4.39 Å². The Kier molecular flexibility index (Phi) is 5.96. The Labute approximate surface area is 159 Å². The van der Waals surface area contributed by atoms with Gasteiger partial charge in [0.25, 0.3) is 0 Å². The molecule has 3 rings (SSSR count). The molecule has 2 atom stereocenters. The highest BCUT2D eigenvalue weighted by atomic mass is 19.1. The van der Waals surface area contributed by atoms with Crippen LogP contribution in [0.15, 0.2) is 42.5 Å². The highest BCUT2D eigenvalue weighted by Crippen LogP contribution is 2.35. The third-order valence-electron chi connectivity index (χ3n) is 4.81. The molecule has 2 aromatic rings. The fourth-order valence-electron chi connectivity index (χ4n) is 3.18. The normalized spacial score (nSPS) is 14.9. The van der Waals surface area contributed by atoms with Crippen LogP contribution in [0, 0.1) is 11.7 Å². The second kappa shape index (κ2) is 8.39. The fraction of sp³-hybridized carbons (Fsp3) is 0.381. The van der Waals surface area contributed by atoms with Gasteiger partial charge in [0.05, 0.1) is 6.04 Å². The molecule has 1 aliphatic rings. The largest absolute Gasteiger partial charge is 0.454 e. The first-order chi connectivity index (χ1) is 13.0. The van der Waals surface area contributed by atoms with E-state index in [9.17, 15) is 9.18 Å². The summed E-state index contributed by atoms with van der Waals surface area (Å²) in [5.41, 5.74) is 1.59. The van der Waals surface area contributed by atoms with Gasteiger partial charge in [-0.3, -0.25) is 4.79 Å². The van der Waals surface area contributed by atoms with Crippen LogP contribution >= 0.6 is 0 Å². The molecule has 144 valence electrons. The third kappa shape index (κ3) is 4.57. The van der Waals surface area contributed by atoms with Crippen molar-refractivity contribution in [1.82, 2.24) is 10.2 Å². The van der Waals surface area contributed by atoms with Crippen LogP contribution in [0.1, 0.15) is 24.1 Å². The van der Waals surface area contributed by atoms with Crippen LogP contribution in [0.2, 0.25) is 0 Å². The van der Waals surface area contributed by atoms with Crippen LogP contribution in [0.25, 0.3) is 0 Å². The number of hydrogen-bond donors (Lipinski definition) is 1. The van der Waals surface area contributed by atoms with Crippen molar-refractivity contribution < 1.29 is 18.7 Å². The molecule has 0 spiro atoms. The van der Waals surface area contributed by atoms with Gasteiger partial charge in [0.2, 0.25) is 12.7 Å². The molecule has 1 aliphatic heterocycles. The Morgan fingerprint density at radius 3 is 2.67 bits per heavy atom. The number of hydrogen-bond acceptors (Lipinski definition) is 4. The number of fused-ring (bicyclic) bond motifs is 1. The van der Waals surface area contributed by atoms with E-state index in [1.165, 1.54) is 6.07 Å². The number of nitrogens with one attached hydrogen (secondary N) is 1. The monoisotopic (exact) mass is 372 g/mol. The van der Waals surface area contributed by atoms with Crippen molar-refractivity contribution in [2.24, 2.45) is 5.92 Å². The van der Waals surface area contributed by atoms with Gasteiger partial charge in [-0.2, -0.15) is 0 Å². The van der Waals surface area contributed by atoms with Crippen molar-refractivity contribution >= 4 is 5.91 Å². The van der Waals surface area contributed by atoms with Crippen LogP contribution in [-0.4, -0.2) is 38.2 Å². The lowest BCUT2D eigenvalue weighted by molar-refractivity contribution is -0.124. The number of benzene rings is 2. The summed E-state index contributed by atoms with van der Waals surface area (Å²) in [5, 5.41) is 2.99. The topological polar surface area (TPSA) is 50.8 Å². The minimum atomic E-state index is -0.318. The fourth-order valence-corrected chi connectivity index (χ4v) is 3.18. The molecule has 0 aromatic heterocycles. The van der Waals surface area contributed by atoms with E-state index in [-0.39, 0.29) is 30.5 Å². The lowest BCUT2D eigenvalue weighted by atomic mass is 9.99. The summed E-state index contributed by atoms with van der Waals surface area (Å²) in [6.07, 6.45) is 0.370. The van der Waals surface area contributed by atoms with E-state index in [1.54, 1.807) is 18.2 Å². The number of amides is 1. The van der Waals surface area contributed by atoms with Gasteiger partial charge in [0, 0.05) is 12.5 Å². The number of likely N-dealkylation sites (N-methyl/N-ethyl adjacent to an activating group) is 1. The Morgan fingerprint density at radius 2 is 1.93 bits per heavy atom. The standard InChI is InChI=1S/C21H25FN2O3/c1-14(10-15-6-4-5-7-17(15)22)21(25)23-12-18(24(2)3)16-8-9-19-20(11-16)27-13-26-19/h4-9,11,14,18H,10,12-13H2,1-3H3,(H,23,25). The predicted octanol–water partition coefficient (Wildman–Crippen LogP) is 3.15. The average Bonchev–Trinajstić information content (AvgIpc) is 3.11. The van der Waals surface area contributed by atoms with Crippen LogP contribution in [-0.2, 0) is 11.2 Å². The van der Waals surface area contributed by atoms with E-state index in [4.69, 9.17) is 9.47 Å². The number of rotatable bonds is 7. The average molecular weight is 372 g/mol. The quantitative estimate of drug-likeness (QED) is 0.811. The zero-order valence-electron chi connectivity index (χ0n) is 15.9. The van der Waals surface area contributed by atoms with Gasteiger partial charge in [0.15, 0.2) is 11.5 Å². The van der Waals surface area contributed by atoms with Gasteiger partial charge >= 0.3 is 0 Å². The molecule has 0 fully saturated rings. The summed E-state index contributed by atoms with van der Waals surface area (Å²) in [4.78, 5) is 14.5. The Hall–Kier alpha value is -2.60. The van der Waals surface area contributed by atoms with Crippen molar-refractivity contribution in [2.75, 3.05) is 27.4 Å². The Bertz CT molecular complexity index is 810. The molecule has 2 aromatic carbocycles. The van der Waals surface area contributed by atoms with Crippen LogP contribution in [0.3, 0.4) is 0 Å². The van der Waals surface area contributed by atoms with Crippen molar-refractivity contribution in [3.05, 3.63) is 59.4 Å². The molecule has 6 heteroatoms. The first kappa shape index (κ1) is 19.2. The van der Waals surface area contributed by atoms with E-state index in [0.717, 1.165) is 17.1 Å². The molecule has 0 aliphatic carbocycles. The van der Waals surface area contributed by atoms with E-state index in [0.29, 0.717) is 18.5 Å². The Balaban J connectivity index is 1.62. The number of carbonyl (C=O) groups excluding carboxylic acids is 1. The van der Waals surface area contributed by atoms with Gasteiger partial charge in [-0.05, 0) is 49.8 Å². The molecule has 1 amide bonds. The molecule has 27 heavy (non-hydrogen) atoms. The third-order valence-corrected chi connectivity index (χ3v) is 4.81. The second-order valence-electron chi connectivity index (χ2n) is 7.03. The van der Waals surface area contributed by atoms with E-state index in [2.05, 4.69) is 5.32 Å². The summed E-state index contributed by atoms with van der Waals surface area (Å²) in [6, 6.07) is 12.4. The van der Waals surface area contributed by atoms with Gasteiger partial charge in [-0.1, -0.05) is 31.2 Å². The first-order valence-corrected chi connectivity index (χ1v) is 9.03. The SMILES string of the molecule is CC(Cc1ccccc1F)C(=O)NCC(c1ccc2c(c1)OCO2)N(C)C. The maximum atomic E-state index is 13.8. The molecule has 1 N–H and O–H groups in total. The number of carbonyl (C=O) groups is 1. The van der Waals surface area contributed by atoms with Crippen LogP contribution in [0.5, 0.6) is 11.5 Å². The smallest absolute Gasteiger partial charge is 0.231 e. The summed E-state index contributed by atoms with van der Waals surface area (Å²) in [7, 11) is 3.92. The zero-order chi connectivity index (χ0) is 19.4. The highest BCUT2D eigenvalue weighted by molar-refractivity contribution is 5.78. The first-order valence-electron chi connectivity index (χ1n) is 9.03. The van der Waals surface area contributed by atoms with Gasteiger partial charge < -0.3 is 19.7 Å². The van der Waals surface area contributed by atoms with Crippen molar-refractivity contribution in [1.29, 1.82) is 0 Å². The maximum absolute atomic E-state index is 13.8. The van der Waals surface area contributed by atoms with Crippen molar-refractivity contribution in [2.45, 2.75) is 19.4 Å². The highest BCUT2D eigenvalue weighted by Gasteiger charge is 2.22.